The summed E-state index contributed by atoms with van der Waals surface area (Å²) in [5, 5.41) is 16.4. The van der Waals surface area contributed by atoms with E-state index in [1.165, 1.54) is 0 Å². The Hall–Kier alpha value is -2.25. The van der Waals surface area contributed by atoms with Crippen molar-refractivity contribution >= 4 is 12.1 Å². The predicted octanol–water partition coefficient (Wildman–Crippen LogP) is 2.55. The molecule has 8 nitrogen and oxygen atoms in total. The fraction of sp³-hybridized carbons (Fsp3) is 0.722. The summed E-state index contributed by atoms with van der Waals surface area (Å²) in [6.07, 6.45) is 2.85. The van der Waals surface area contributed by atoms with Crippen molar-refractivity contribution in [1.29, 1.82) is 0 Å². The van der Waals surface area contributed by atoms with E-state index in [0.29, 0.717) is 19.0 Å². The zero-order valence-electron chi connectivity index (χ0n) is 16.9. The Labute approximate surface area is 156 Å². The number of guanidine groups is 1. The van der Waals surface area contributed by atoms with Crippen LogP contribution in [-0.4, -0.2) is 46.5 Å². The molecule has 1 heterocycles. The molecule has 0 spiro atoms. The molecular weight excluding hydrogens is 332 g/mol. The third-order valence-corrected chi connectivity index (χ3v) is 4.02. The molecule has 1 rings (SSSR count). The van der Waals surface area contributed by atoms with Gasteiger partial charge in [0.15, 0.2) is 5.96 Å². The van der Waals surface area contributed by atoms with Gasteiger partial charge in [-0.25, -0.2) is 9.79 Å². The maximum atomic E-state index is 12.2. The van der Waals surface area contributed by atoms with Crippen molar-refractivity contribution in [2.45, 2.75) is 72.1 Å². The van der Waals surface area contributed by atoms with E-state index in [1.807, 2.05) is 33.8 Å². The van der Waals surface area contributed by atoms with Gasteiger partial charge in [-0.15, -0.1) is 0 Å². The fourth-order valence-corrected chi connectivity index (χ4v) is 2.37. The minimum absolute atomic E-state index is 0.401. The van der Waals surface area contributed by atoms with Gasteiger partial charge in [0, 0.05) is 19.3 Å². The van der Waals surface area contributed by atoms with Gasteiger partial charge in [-0.1, -0.05) is 13.8 Å². The smallest absolute Gasteiger partial charge is 0.408 e. The average Bonchev–Trinajstić information content (AvgIpc) is 3.08. The highest BCUT2D eigenvalue weighted by atomic mass is 16.6. The zero-order chi connectivity index (χ0) is 19.6. The molecule has 0 saturated carbocycles. The van der Waals surface area contributed by atoms with Gasteiger partial charge >= 0.3 is 6.09 Å². The minimum Gasteiger partial charge on any atom is -0.444 e. The van der Waals surface area contributed by atoms with E-state index in [9.17, 15) is 4.79 Å². The molecule has 0 unspecified atom stereocenters. The average molecular weight is 367 g/mol. The summed E-state index contributed by atoms with van der Waals surface area (Å²) in [4.78, 5) is 16.8. The standard InChI is InChI=1S/C18H34N6O2/c1-7-18(8-2,23-16(25)26-17(4,5)6)13-21-15(19-9-3)20-12-14-10-11-22-24-14/h10-11H,7-9,12-13H2,1-6H3,(H,22,24)(H,23,25)(H2,19,20,21). The lowest BCUT2D eigenvalue weighted by atomic mass is 9.93. The molecule has 0 aliphatic rings. The second-order valence-corrected chi connectivity index (χ2v) is 7.24. The normalized spacial score (nSPS) is 12.6. The van der Waals surface area contributed by atoms with E-state index in [-0.39, 0.29) is 0 Å². The van der Waals surface area contributed by atoms with Gasteiger partial charge in [0.2, 0.25) is 0 Å². The van der Waals surface area contributed by atoms with E-state index in [4.69, 9.17) is 4.74 Å². The number of rotatable bonds is 8. The summed E-state index contributed by atoms with van der Waals surface area (Å²) in [5.74, 6) is 0.694. The van der Waals surface area contributed by atoms with E-state index in [2.05, 4.69) is 45.0 Å². The van der Waals surface area contributed by atoms with Crippen LogP contribution in [0.1, 0.15) is 60.1 Å². The molecule has 8 heteroatoms. The Balaban J connectivity index is 2.73. The van der Waals surface area contributed by atoms with Crippen molar-refractivity contribution in [3.63, 3.8) is 0 Å². The van der Waals surface area contributed by atoms with Crippen LogP contribution in [0.25, 0.3) is 0 Å². The number of carbonyl (C=O) groups is 1. The van der Waals surface area contributed by atoms with Crippen molar-refractivity contribution in [1.82, 2.24) is 26.1 Å². The van der Waals surface area contributed by atoms with E-state index in [1.54, 1.807) is 6.20 Å². The van der Waals surface area contributed by atoms with Crippen LogP contribution in [0.2, 0.25) is 0 Å². The lowest BCUT2D eigenvalue weighted by Gasteiger charge is -2.34. The molecule has 0 saturated heterocycles. The first-order valence-electron chi connectivity index (χ1n) is 9.25. The van der Waals surface area contributed by atoms with Gasteiger partial charge in [0.1, 0.15) is 5.60 Å². The van der Waals surface area contributed by atoms with Crippen molar-refractivity contribution in [3.05, 3.63) is 18.0 Å². The number of H-pyrrole nitrogens is 1. The number of nitrogens with one attached hydrogen (secondary N) is 4. The van der Waals surface area contributed by atoms with E-state index < -0.39 is 17.2 Å². The molecule has 1 aromatic rings. The minimum atomic E-state index is -0.523. The summed E-state index contributed by atoms with van der Waals surface area (Å²) in [7, 11) is 0. The largest absolute Gasteiger partial charge is 0.444 e. The van der Waals surface area contributed by atoms with Crippen LogP contribution in [0.3, 0.4) is 0 Å². The number of carbonyl (C=O) groups excluding carboxylic acids is 1. The highest BCUT2D eigenvalue weighted by molar-refractivity contribution is 5.80. The van der Waals surface area contributed by atoms with E-state index in [0.717, 1.165) is 25.1 Å². The molecule has 4 N–H and O–H groups in total. The van der Waals surface area contributed by atoms with Gasteiger partial charge in [-0.05, 0) is 46.6 Å². The lowest BCUT2D eigenvalue weighted by molar-refractivity contribution is 0.0448. The zero-order valence-corrected chi connectivity index (χ0v) is 16.9. The molecule has 0 radical (unpaired) electrons. The molecule has 0 fully saturated rings. The van der Waals surface area contributed by atoms with Crippen LogP contribution >= 0.6 is 0 Å². The molecule has 26 heavy (non-hydrogen) atoms. The van der Waals surface area contributed by atoms with Crippen molar-refractivity contribution in [2.75, 3.05) is 13.1 Å². The first-order valence-corrected chi connectivity index (χ1v) is 9.25. The van der Waals surface area contributed by atoms with E-state index >= 15 is 0 Å². The highest BCUT2D eigenvalue weighted by Crippen LogP contribution is 2.16. The number of alkyl carbamates (subject to hydrolysis) is 1. The molecule has 1 amide bonds. The Bertz CT molecular complexity index is 559. The molecule has 0 bridgehead atoms. The first-order chi connectivity index (χ1) is 12.2. The number of aromatic amines is 1. The fourth-order valence-electron chi connectivity index (χ4n) is 2.37. The number of nitrogens with zero attached hydrogens (tertiary/aromatic N) is 2. The van der Waals surface area contributed by atoms with Crippen LogP contribution in [0.15, 0.2) is 17.3 Å². The molecule has 148 valence electrons. The van der Waals surface area contributed by atoms with Crippen molar-refractivity contribution < 1.29 is 9.53 Å². The number of aliphatic imine (C=N–C) groups is 1. The Morgan fingerprint density at radius 1 is 1.23 bits per heavy atom. The Morgan fingerprint density at radius 2 is 1.92 bits per heavy atom. The Morgan fingerprint density at radius 3 is 2.42 bits per heavy atom. The molecular formula is C18H34N6O2. The van der Waals surface area contributed by atoms with Crippen LogP contribution in [-0.2, 0) is 11.3 Å². The number of hydrogen-bond donors (Lipinski definition) is 4. The number of hydrogen-bond acceptors (Lipinski definition) is 4. The molecule has 0 aliphatic heterocycles. The van der Waals surface area contributed by atoms with Crippen LogP contribution in [0.5, 0.6) is 0 Å². The topological polar surface area (TPSA) is 103 Å². The summed E-state index contributed by atoms with van der Waals surface area (Å²) >= 11 is 0. The monoisotopic (exact) mass is 366 g/mol. The van der Waals surface area contributed by atoms with Crippen molar-refractivity contribution in [2.24, 2.45) is 4.99 Å². The van der Waals surface area contributed by atoms with Crippen LogP contribution in [0, 0.1) is 0 Å². The SMILES string of the molecule is CCNC(=NCc1ccn[nH]1)NCC(CC)(CC)NC(=O)OC(C)(C)C. The second-order valence-electron chi connectivity index (χ2n) is 7.24. The summed E-state index contributed by atoms with van der Waals surface area (Å²) in [6.45, 7) is 13.5. The third-order valence-electron chi connectivity index (χ3n) is 4.02. The number of amides is 1. The highest BCUT2D eigenvalue weighted by Gasteiger charge is 2.30. The first kappa shape index (κ1) is 21.8. The molecule has 0 atom stereocenters. The van der Waals surface area contributed by atoms with Crippen LogP contribution < -0.4 is 16.0 Å². The molecule has 0 aromatic carbocycles. The second kappa shape index (κ2) is 10.0. The molecule has 0 aliphatic carbocycles. The van der Waals surface area contributed by atoms with Gasteiger partial charge < -0.3 is 20.7 Å². The van der Waals surface area contributed by atoms with Gasteiger partial charge in [0.25, 0.3) is 0 Å². The quantitative estimate of drug-likeness (QED) is 0.418. The maximum absolute atomic E-state index is 12.2. The van der Waals surface area contributed by atoms with Crippen LogP contribution in [0.4, 0.5) is 4.79 Å². The summed E-state index contributed by atoms with van der Waals surface area (Å²) < 4.78 is 5.41. The Kier molecular flexibility index (Phi) is 8.41. The number of ether oxygens (including phenoxy) is 1. The van der Waals surface area contributed by atoms with Gasteiger partial charge in [-0.3, -0.25) is 5.10 Å². The van der Waals surface area contributed by atoms with Crippen molar-refractivity contribution in [3.8, 4) is 0 Å². The lowest BCUT2D eigenvalue weighted by Crippen LogP contribution is -2.57. The third kappa shape index (κ3) is 7.76. The maximum Gasteiger partial charge on any atom is 0.408 e. The van der Waals surface area contributed by atoms with Gasteiger partial charge in [-0.2, -0.15) is 5.10 Å². The molecule has 1 aromatic heterocycles. The summed E-state index contributed by atoms with van der Waals surface area (Å²) in [6, 6.07) is 1.89. The van der Waals surface area contributed by atoms with Gasteiger partial charge in [0.05, 0.1) is 17.8 Å². The number of aromatic nitrogens is 2. The summed E-state index contributed by atoms with van der Waals surface area (Å²) in [5.41, 5.74) is 0.00359. The predicted molar refractivity (Wildman–Crippen MR) is 104 cm³/mol.